The summed E-state index contributed by atoms with van der Waals surface area (Å²) in [7, 11) is 0. The maximum atomic E-state index is 14.0. The summed E-state index contributed by atoms with van der Waals surface area (Å²) >= 11 is 6.09. The molecule has 4 bridgehead atoms. The summed E-state index contributed by atoms with van der Waals surface area (Å²) in [5.41, 5.74) is 0.612. The normalized spacial score (nSPS) is 30.6. The van der Waals surface area contributed by atoms with E-state index < -0.39 is 0 Å². The quantitative estimate of drug-likeness (QED) is 0.741. The Labute approximate surface area is 169 Å². The third-order valence-corrected chi connectivity index (χ3v) is 7.34. The molecule has 0 atom stereocenters. The van der Waals surface area contributed by atoms with E-state index in [0.29, 0.717) is 22.8 Å². The fourth-order valence-electron chi connectivity index (χ4n) is 6.40. The van der Waals surface area contributed by atoms with Crippen LogP contribution in [0.5, 0.6) is 0 Å². The molecule has 0 aliphatic heterocycles. The van der Waals surface area contributed by atoms with Crippen LogP contribution in [0.2, 0.25) is 5.02 Å². The number of carbonyl (C=O) groups is 1. The molecule has 0 radical (unpaired) electrons. The van der Waals surface area contributed by atoms with Gasteiger partial charge in [-0.2, -0.15) is 5.10 Å². The number of rotatable bonds is 5. The van der Waals surface area contributed by atoms with Crippen LogP contribution in [-0.2, 0) is 11.3 Å². The summed E-state index contributed by atoms with van der Waals surface area (Å²) in [6.45, 7) is 0.232. The zero-order valence-electron chi connectivity index (χ0n) is 15.8. The second kappa shape index (κ2) is 6.87. The summed E-state index contributed by atoms with van der Waals surface area (Å²) in [6.07, 6.45) is 10.1. The zero-order valence-corrected chi connectivity index (χ0v) is 16.6. The maximum absolute atomic E-state index is 14.0. The van der Waals surface area contributed by atoms with E-state index in [2.05, 4.69) is 10.4 Å². The third-order valence-electron chi connectivity index (χ3n) is 6.99. The molecule has 1 aromatic carbocycles. The number of anilines is 1. The lowest BCUT2D eigenvalue weighted by atomic mass is 9.49. The van der Waals surface area contributed by atoms with E-state index in [-0.39, 0.29) is 23.7 Å². The van der Waals surface area contributed by atoms with Gasteiger partial charge in [0.2, 0.25) is 5.91 Å². The fourth-order valence-corrected chi connectivity index (χ4v) is 6.62. The Morgan fingerprint density at radius 2 is 1.86 bits per heavy atom. The highest BCUT2D eigenvalue weighted by molar-refractivity contribution is 6.31. The van der Waals surface area contributed by atoms with Crippen LogP contribution < -0.4 is 5.32 Å². The van der Waals surface area contributed by atoms with Gasteiger partial charge in [-0.05, 0) is 73.8 Å². The van der Waals surface area contributed by atoms with E-state index in [1.807, 2.05) is 0 Å². The van der Waals surface area contributed by atoms with Crippen LogP contribution >= 0.6 is 11.6 Å². The molecule has 28 heavy (non-hydrogen) atoms. The molecule has 6 heteroatoms. The van der Waals surface area contributed by atoms with Crippen molar-refractivity contribution in [1.29, 1.82) is 0 Å². The number of amides is 1. The molecule has 4 nitrogen and oxygen atoms in total. The van der Waals surface area contributed by atoms with Crippen molar-refractivity contribution in [3.05, 3.63) is 46.9 Å². The molecule has 1 heterocycles. The molecule has 2 aromatic rings. The maximum Gasteiger partial charge on any atom is 0.226 e. The first-order valence-corrected chi connectivity index (χ1v) is 10.6. The van der Waals surface area contributed by atoms with Crippen LogP contribution in [0.15, 0.2) is 30.5 Å². The Balaban J connectivity index is 1.23. The van der Waals surface area contributed by atoms with Gasteiger partial charge in [-0.1, -0.05) is 17.7 Å². The first kappa shape index (κ1) is 18.2. The Kier molecular flexibility index (Phi) is 4.46. The molecule has 1 aromatic heterocycles. The number of nitrogens with zero attached hydrogens (tertiary/aromatic N) is 2. The summed E-state index contributed by atoms with van der Waals surface area (Å²) < 4.78 is 15.6. The molecule has 0 spiro atoms. The van der Waals surface area contributed by atoms with Crippen LogP contribution in [0, 0.1) is 29.0 Å². The van der Waals surface area contributed by atoms with Crippen LogP contribution in [0.4, 0.5) is 10.2 Å². The molecule has 0 saturated heterocycles. The summed E-state index contributed by atoms with van der Waals surface area (Å²) in [6, 6.07) is 6.39. The van der Waals surface area contributed by atoms with E-state index >= 15 is 0 Å². The molecule has 4 saturated carbocycles. The van der Waals surface area contributed by atoms with Gasteiger partial charge in [0.15, 0.2) is 5.82 Å². The van der Waals surface area contributed by atoms with Gasteiger partial charge in [0, 0.05) is 29.3 Å². The zero-order chi connectivity index (χ0) is 19.3. The SMILES string of the molecule is O=C(CC12CC3CC(CC(C3)C1)C2)Nc1ccn(Cc2c(F)cccc2Cl)n1. The van der Waals surface area contributed by atoms with Gasteiger partial charge >= 0.3 is 0 Å². The lowest BCUT2D eigenvalue weighted by molar-refractivity contribution is -0.124. The third kappa shape index (κ3) is 3.45. The number of hydrogen-bond donors (Lipinski definition) is 1. The lowest BCUT2D eigenvalue weighted by Crippen LogP contribution is -2.47. The van der Waals surface area contributed by atoms with Crippen LogP contribution in [-0.4, -0.2) is 15.7 Å². The van der Waals surface area contributed by atoms with E-state index in [9.17, 15) is 9.18 Å². The van der Waals surface area contributed by atoms with Crippen LogP contribution in [0.25, 0.3) is 0 Å². The van der Waals surface area contributed by atoms with Crippen LogP contribution in [0.1, 0.15) is 50.5 Å². The Bertz CT molecular complexity index is 853. The highest BCUT2D eigenvalue weighted by Gasteiger charge is 2.51. The number of benzene rings is 1. The van der Waals surface area contributed by atoms with Gasteiger partial charge in [-0.15, -0.1) is 0 Å². The smallest absolute Gasteiger partial charge is 0.226 e. The molecule has 6 rings (SSSR count). The van der Waals surface area contributed by atoms with Gasteiger partial charge in [-0.25, -0.2) is 4.39 Å². The highest BCUT2D eigenvalue weighted by Crippen LogP contribution is 2.61. The lowest BCUT2D eigenvalue weighted by Gasteiger charge is -2.56. The van der Waals surface area contributed by atoms with Crippen molar-refractivity contribution >= 4 is 23.3 Å². The number of hydrogen-bond acceptors (Lipinski definition) is 2. The summed E-state index contributed by atoms with van der Waals surface area (Å²) in [5.74, 6) is 2.73. The number of nitrogens with one attached hydrogen (secondary N) is 1. The highest BCUT2D eigenvalue weighted by atomic mass is 35.5. The second-order valence-corrected chi connectivity index (χ2v) is 9.65. The van der Waals surface area contributed by atoms with Gasteiger partial charge in [0.05, 0.1) is 6.54 Å². The van der Waals surface area contributed by atoms with Crippen molar-refractivity contribution < 1.29 is 9.18 Å². The first-order valence-electron chi connectivity index (χ1n) is 10.2. The minimum Gasteiger partial charge on any atom is -0.309 e. The van der Waals surface area contributed by atoms with Crippen molar-refractivity contribution in [3.8, 4) is 0 Å². The predicted octanol–water partition coefficient (Wildman–Crippen LogP) is 5.27. The first-order chi connectivity index (χ1) is 13.5. The molecule has 4 fully saturated rings. The number of halogens is 2. The van der Waals surface area contributed by atoms with Crippen LogP contribution in [0.3, 0.4) is 0 Å². The van der Waals surface area contributed by atoms with E-state index in [4.69, 9.17) is 11.6 Å². The molecule has 0 unspecified atom stereocenters. The van der Waals surface area contributed by atoms with Crippen molar-refractivity contribution in [2.75, 3.05) is 5.32 Å². The van der Waals surface area contributed by atoms with Gasteiger partial charge in [0.1, 0.15) is 5.82 Å². The van der Waals surface area contributed by atoms with Gasteiger partial charge < -0.3 is 5.32 Å². The summed E-state index contributed by atoms with van der Waals surface area (Å²) in [4.78, 5) is 12.7. The molecule has 4 aliphatic carbocycles. The molecule has 148 valence electrons. The summed E-state index contributed by atoms with van der Waals surface area (Å²) in [5, 5.41) is 7.71. The largest absolute Gasteiger partial charge is 0.309 e. The topological polar surface area (TPSA) is 46.9 Å². The van der Waals surface area contributed by atoms with E-state index in [0.717, 1.165) is 17.8 Å². The Hall–Kier alpha value is -1.88. The van der Waals surface area contributed by atoms with Crippen molar-refractivity contribution in [1.82, 2.24) is 9.78 Å². The Morgan fingerprint density at radius 1 is 1.18 bits per heavy atom. The van der Waals surface area contributed by atoms with Crippen molar-refractivity contribution in [3.63, 3.8) is 0 Å². The van der Waals surface area contributed by atoms with E-state index in [1.54, 1.807) is 29.1 Å². The van der Waals surface area contributed by atoms with Crippen molar-refractivity contribution in [2.24, 2.45) is 23.2 Å². The minimum absolute atomic E-state index is 0.0520. The molecule has 4 aliphatic rings. The molecular formula is C22H25ClFN3O. The average Bonchev–Trinajstić information content (AvgIpc) is 3.03. The van der Waals surface area contributed by atoms with Crippen molar-refractivity contribution in [2.45, 2.75) is 51.5 Å². The second-order valence-electron chi connectivity index (χ2n) is 9.24. The van der Waals surface area contributed by atoms with Gasteiger partial charge in [-0.3, -0.25) is 9.48 Å². The predicted molar refractivity (Wildman–Crippen MR) is 107 cm³/mol. The van der Waals surface area contributed by atoms with E-state index in [1.165, 1.54) is 44.6 Å². The molecule has 1 amide bonds. The Morgan fingerprint density at radius 3 is 2.50 bits per heavy atom. The molecule has 1 N–H and O–H groups in total. The molecular weight excluding hydrogens is 377 g/mol. The number of carbonyl (C=O) groups excluding carboxylic acids is 1. The average molecular weight is 402 g/mol. The monoisotopic (exact) mass is 401 g/mol. The van der Waals surface area contributed by atoms with Gasteiger partial charge in [0.25, 0.3) is 0 Å². The number of aromatic nitrogens is 2. The standard InChI is InChI=1S/C22H25ClFN3O/c23-18-2-1-3-19(24)17(18)13-27-5-4-20(26-27)25-21(28)12-22-9-14-6-15(10-22)8-16(7-14)11-22/h1-5,14-16H,6-13H2,(H,25,26,28). The fraction of sp³-hybridized carbons (Fsp3) is 0.545. The minimum atomic E-state index is -0.351.